The van der Waals surface area contributed by atoms with E-state index in [1.54, 1.807) is 18.2 Å². The second-order valence-corrected chi connectivity index (χ2v) is 5.57. The van der Waals surface area contributed by atoms with Crippen LogP contribution in [0.1, 0.15) is 24.2 Å². The number of nitrogens with two attached hydrogens (primary N) is 2. The quantitative estimate of drug-likeness (QED) is 0.554. The number of hydrogen-bond acceptors (Lipinski definition) is 3. The van der Waals surface area contributed by atoms with Crippen molar-refractivity contribution in [2.24, 2.45) is 11.7 Å². The molecule has 0 spiro atoms. The van der Waals surface area contributed by atoms with Crippen LogP contribution in [0.5, 0.6) is 0 Å². The fourth-order valence-corrected chi connectivity index (χ4v) is 2.00. The van der Waals surface area contributed by atoms with Gasteiger partial charge in [-0.25, -0.2) is 0 Å². The molecule has 1 atom stereocenters. The van der Waals surface area contributed by atoms with Crippen LogP contribution in [0, 0.1) is 9.49 Å². The van der Waals surface area contributed by atoms with E-state index in [0.717, 1.165) is 3.57 Å². The van der Waals surface area contributed by atoms with Crippen molar-refractivity contribution in [3.05, 3.63) is 27.3 Å². The molecule has 0 saturated carbocycles. The summed E-state index contributed by atoms with van der Waals surface area (Å²) in [5, 5.41) is 2.60. The lowest BCUT2D eigenvalue weighted by Crippen LogP contribution is -2.47. The van der Waals surface area contributed by atoms with Gasteiger partial charge in [-0.1, -0.05) is 13.8 Å². The largest absolute Gasteiger partial charge is 0.398 e. The lowest BCUT2D eigenvalue weighted by Gasteiger charge is -2.19. The molecule has 0 aliphatic carbocycles. The van der Waals surface area contributed by atoms with Crippen molar-refractivity contribution in [1.82, 2.24) is 5.32 Å². The smallest absolute Gasteiger partial charge is 0.254 e. The van der Waals surface area contributed by atoms with Crippen molar-refractivity contribution in [2.45, 2.75) is 19.9 Å². The molecule has 2 amide bonds. The summed E-state index contributed by atoms with van der Waals surface area (Å²) in [7, 11) is 0. The normalized spacial score (nSPS) is 12.2. The second-order valence-electron chi connectivity index (χ2n) is 4.33. The van der Waals surface area contributed by atoms with Crippen molar-refractivity contribution in [1.29, 1.82) is 0 Å². The van der Waals surface area contributed by atoms with Crippen LogP contribution in [0.4, 0.5) is 5.69 Å². The number of carbonyl (C=O) groups excluding carboxylic acids is 2. The predicted molar refractivity (Wildman–Crippen MR) is 78.9 cm³/mol. The Balaban J connectivity index is 2.94. The van der Waals surface area contributed by atoms with Gasteiger partial charge in [0.05, 0.1) is 5.56 Å². The zero-order valence-corrected chi connectivity index (χ0v) is 12.4. The SMILES string of the molecule is CC(C)C(NC(=O)c1cc(I)ccc1N)C(N)=O. The molecule has 0 fully saturated rings. The zero-order valence-electron chi connectivity index (χ0n) is 10.2. The van der Waals surface area contributed by atoms with Gasteiger partial charge in [-0.3, -0.25) is 9.59 Å². The Kier molecular flexibility index (Phi) is 4.94. The molecule has 0 bridgehead atoms. The van der Waals surface area contributed by atoms with Crippen LogP contribution >= 0.6 is 22.6 Å². The Labute approximate surface area is 119 Å². The summed E-state index contributed by atoms with van der Waals surface area (Å²) in [4.78, 5) is 23.3. The van der Waals surface area contributed by atoms with Gasteiger partial charge in [-0.15, -0.1) is 0 Å². The topological polar surface area (TPSA) is 98.2 Å². The summed E-state index contributed by atoms with van der Waals surface area (Å²) in [5.41, 5.74) is 11.7. The Morgan fingerprint density at radius 2 is 1.94 bits per heavy atom. The zero-order chi connectivity index (χ0) is 13.9. The van der Waals surface area contributed by atoms with Gasteiger partial charge in [0.1, 0.15) is 6.04 Å². The van der Waals surface area contributed by atoms with Crippen molar-refractivity contribution in [2.75, 3.05) is 5.73 Å². The third-order valence-corrected chi connectivity index (χ3v) is 3.19. The molecule has 1 aromatic carbocycles. The average Bonchev–Trinajstić information content (AvgIpc) is 2.28. The number of primary amides is 1. The highest BCUT2D eigenvalue weighted by Gasteiger charge is 2.23. The van der Waals surface area contributed by atoms with Crippen molar-refractivity contribution < 1.29 is 9.59 Å². The van der Waals surface area contributed by atoms with Crippen LogP contribution in [0.15, 0.2) is 18.2 Å². The molecule has 1 aromatic rings. The molecule has 0 aliphatic heterocycles. The third kappa shape index (κ3) is 3.59. The molecule has 5 N–H and O–H groups in total. The van der Waals surface area contributed by atoms with Gasteiger partial charge >= 0.3 is 0 Å². The minimum atomic E-state index is -0.699. The first-order chi connectivity index (χ1) is 8.32. The number of halogens is 1. The highest BCUT2D eigenvalue weighted by molar-refractivity contribution is 14.1. The third-order valence-electron chi connectivity index (χ3n) is 2.52. The van der Waals surface area contributed by atoms with E-state index in [2.05, 4.69) is 27.9 Å². The Bertz CT molecular complexity index is 474. The molecule has 98 valence electrons. The molecule has 0 heterocycles. The van der Waals surface area contributed by atoms with E-state index in [4.69, 9.17) is 11.5 Å². The molecule has 1 rings (SSSR count). The van der Waals surface area contributed by atoms with Gasteiger partial charge in [0.2, 0.25) is 5.91 Å². The van der Waals surface area contributed by atoms with Crippen molar-refractivity contribution in [3.8, 4) is 0 Å². The maximum atomic E-state index is 12.0. The first kappa shape index (κ1) is 14.7. The molecule has 6 heteroatoms. The van der Waals surface area contributed by atoms with E-state index in [-0.39, 0.29) is 11.8 Å². The van der Waals surface area contributed by atoms with Gasteiger partial charge in [0, 0.05) is 9.26 Å². The van der Waals surface area contributed by atoms with Crippen LogP contribution in [-0.4, -0.2) is 17.9 Å². The molecule has 5 nitrogen and oxygen atoms in total. The maximum Gasteiger partial charge on any atom is 0.254 e. The van der Waals surface area contributed by atoms with Gasteiger partial charge in [0.25, 0.3) is 5.91 Å². The minimum Gasteiger partial charge on any atom is -0.398 e. The van der Waals surface area contributed by atoms with E-state index in [1.165, 1.54) is 0 Å². The summed E-state index contributed by atoms with van der Waals surface area (Å²) < 4.78 is 0.895. The van der Waals surface area contributed by atoms with Crippen LogP contribution in [0.3, 0.4) is 0 Å². The van der Waals surface area contributed by atoms with Gasteiger partial charge in [-0.2, -0.15) is 0 Å². The maximum absolute atomic E-state index is 12.0. The lowest BCUT2D eigenvalue weighted by atomic mass is 10.0. The number of benzene rings is 1. The van der Waals surface area contributed by atoms with Gasteiger partial charge in [0.15, 0.2) is 0 Å². The van der Waals surface area contributed by atoms with Crippen LogP contribution in [0.2, 0.25) is 0 Å². The Morgan fingerprint density at radius 1 is 1.33 bits per heavy atom. The van der Waals surface area contributed by atoms with Crippen LogP contribution in [-0.2, 0) is 4.79 Å². The first-order valence-corrected chi connectivity index (χ1v) is 6.56. The first-order valence-electron chi connectivity index (χ1n) is 5.48. The molecular weight excluding hydrogens is 345 g/mol. The number of anilines is 1. The van der Waals surface area contributed by atoms with Crippen LogP contribution < -0.4 is 16.8 Å². The number of rotatable bonds is 4. The van der Waals surface area contributed by atoms with E-state index in [9.17, 15) is 9.59 Å². The molecule has 0 aromatic heterocycles. The summed E-state index contributed by atoms with van der Waals surface area (Å²) in [5.74, 6) is -1.01. The van der Waals surface area contributed by atoms with E-state index in [1.807, 2.05) is 13.8 Å². The standard InChI is InChI=1S/C12H16IN3O2/c1-6(2)10(11(15)17)16-12(18)8-5-7(13)3-4-9(8)14/h3-6,10H,14H2,1-2H3,(H2,15,17)(H,16,18). The van der Waals surface area contributed by atoms with E-state index >= 15 is 0 Å². The fraction of sp³-hybridized carbons (Fsp3) is 0.333. The highest BCUT2D eigenvalue weighted by Crippen LogP contribution is 2.16. The number of nitrogens with one attached hydrogen (secondary N) is 1. The van der Waals surface area contributed by atoms with Gasteiger partial charge in [-0.05, 0) is 46.7 Å². The summed E-state index contributed by atoms with van der Waals surface area (Å²) >= 11 is 2.09. The number of carbonyl (C=O) groups is 2. The summed E-state index contributed by atoms with van der Waals surface area (Å²) in [6.45, 7) is 3.63. The fourth-order valence-electron chi connectivity index (χ4n) is 1.51. The molecular formula is C12H16IN3O2. The number of hydrogen-bond donors (Lipinski definition) is 3. The highest BCUT2D eigenvalue weighted by atomic mass is 127. The molecule has 0 radical (unpaired) electrons. The molecule has 0 aliphatic rings. The van der Waals surface area contributed by atoms with Crippen molar-refractivity contribution in [3.63, 3.8) is 0 Å². The lowest BCUT2D eigenvalue weighted by molar-refractivity contribution is -0.120. The van der Waals surface area contributed by atoms with Gasteiger partial charge < -0.3 is 16.8 Å². The summed E-state index contributed by atoms with van der Waals surface area (Å²) in [6, 6.07) is 4.44. The van der Waals surface area contributed by atoms with E-state index in [0.29, 0.717) is 11.3 Å². The van der Waals surface area contributed by atoms with E-state index < -0.39 is 11.9 Å². The minimum absolute atomic E-state index is 0.0736. The molecule has 1 unspecified atom stereocenters. The van der Waals surface area contributed by atoms with Crippen molar-refractivity contribution >= 4 is 40.1 Å². The summed E-state index contributed by atoms with van der Waals surface area (Å²) in [6.07, 6.45) is 0. The molecule has 0 saturated heterocycles. The second kappa shape index (κ2) is 6.03. The average molecular weight is 361 g/mol. The van der Waals surface area contributed by atoms with Crippen LogP contribution in [0.25, 0.3) is 0 Å². The molecule has 18 heavy (non-hydrogen) atoms. The Hall–Kier alpha value is -1.31. The predicted octanol–water partition coefficient (Wildman–Crippen LogP) is 1.11. The monoisotopic (exact) mass is 361 g/mol. The number of amides is 2. The Morgan fingerprint density at radius 3 is 2.44 bits per heavy atom. The number of nitrogen functional groups attached to an aromatic ring is 1.